The average Bonchev–Trinajstić information content (AvgIpc) is 2.26. The average molecular weight is 243 g/mol. The molecule has 6 nitrogen and oxygen atoms in total. The number of carbonyl (C=O) groups excluding carboxylic acids is 1. The van der Waals surface area contributed by atoms with Gasteiger partial charge in [-0.05, 0) is 12.8 Å². The monoisotopic (exact) mass is 243 g/mol. The lowest BCUT2D eigenvalue weighted by Gasteiger charge is -2.36. The standard InChI is InChI=1S/C11H17NO5/c1-2-5-17-10(15)12-11(7-9(13)14)4-3-6-16-8-11/h2H,1,3-8H2,(H,12,15)(H,13,14). The SMILES string of the molecule is C=CCOC(=O)NC1(CC(=O)O)CCCOC1. The molecular formula is C11H17NO5. The van der Waals surface area contributed by atoms with E-state index in [1.165, 1.54) is 6.08 Å². The minimum absolute atomic E-state index is 0.0931. The minimum atomic E-state index is -0.973. The summed E-state index contributed by atoms with van der Waals surface area (Å²) in [6.45, 7) is 4.30. The van der Waals surface area contributed by atoms with Crippen LogP contribution in [0, 0.1) is 0 Å². The summed E-state index contributed by atoms with van der Waals surface area (Å²) in [4.78, 5) is 22.2. The van der Waals surface area contributed by atoms with Gasteiger partial charge in [0.25, 0.3) is 0 Å². The molecule has 1 unspecified atom stereocenters. The zero-order valence-corrected chi connectivity index (χ0v) is 9.61. The molecule has 1 aliphatic rings. The van der Waals surface area contributed by atoms with Gasteiger partial charge in [-0.15, -0.1) is 0 Å². The Hall–Kier alpha value is -1.56. The van der Waals surface area contributed by atoms with Crippen LogP contribution in [0.1, 0.15) is 19.3 Å². The number of aliphatic carboxylic acids is 1. The van der Waals surface area contributed by atoms with Gasteiger partial charge in [0.15, 0.2) is 0 Å². The Kier molecular flexibility index (Phi) is 4.96. The van der Waals surface area contributed by atoms with E-state index in [0.717, 1.165) is 6.42 Å². The number of carboxylic acids is 1. The molecule has 1 rings (SSSR count). The van der Waals surface area contributed by atoms with Gasteiger partial charge in [-0.3, -0.25) is 4.79 Å². The van der Waals surface area contributed by atoms with Gasteiger partial charge in [-0.2, -0.15) is 0 Å². The lowest BCUT2D eigenvalue weighted by molar-refractivity contribution is -0.140. The lowest BCUT2D eigenvalue weighted by atomic mass is 9.89. The van der Waals surface area contributed by atoms with Gasteiger partial charge < -0.3 is 19.9 Å². The summed E-state index contributed by atoms with van der Waals surface area (Å²) >= 11 is 0. The molecule has 1 saturated heterocycles. The molecule has 0 bridgehead atoms. The van der Waals surface area contributed by atoms with Gasteiger partial charge in [0.05, 0.1) is 18.6 Å². The second-order valence-corrected chi connectivity index (χ2v) is 4.02. The smallest absolute Gasteiger partial charge is 0.407 e. The third-order valence-corrected chi connectivity index (χ3v) is 2.51. The Morgan fingerprint density at radius 1 is 1.59 bits per heavy atom. The van der Waals surface area contributed by atoms with E-state index in [0.29, 0.717) is 13.0 Å². The van der Waals surface area contributed by atoms with Crippen LogP contribution in [0.4, 0.5) is 4.79 Å². The van der Waals surface area contributed by atoms with E-state index in [1.54, 1.807) is 0 Å². The van der Waals surface area contributed by atoms with Gasteiger partial charge in [0.2, 0.25) is 0 Å². The Balaban J connectivity index is 2.59. The fourth-order valence-corrected chi connectivity index (χ4v) is 1.81. The van der Waals surface area contributed by atoms with Gasteiger partial charge in [-0.25, -0.2) is 4.79 Å². The van der Waals surface area contributed by atoms with Crippen LogP contribution in [0.25, 0.3) is 0 Å². The zero-order chi connectivity index (χ0) is 12.7. The fourth-order valence-electron chi connectivity index (χ4n) is 1.81. The summed E-state index contributed by atoms with van der Waals surface area (Å²) in [5, 5.41) is 11.4. The molecule has 6 heteroatoms. The third-order valence-electron chi connectivity index (χ3n) is 2.51. The Morgan fingerprint density at radius 2 is 2.35 bits per heavy atom. The van der Waals surface area contributed by atoms with E-state index < -0.39 is 17.6 Å². The Bertz CT molecular complexity index is 296. The van der Waals surface area contributed by atoms with Gasteiger partial charge in [0.1, 0.15) is 6.61 Å². The number of rotatable bonds is 5. The molecule has 1 atom stereocenters. The van der Waals surface area contributed by atoms with E-state index in [4.69, 9.17) is 14.6 Å². The molecule has 0 aromatic carbocycles. The maximum absolute atomic E-state index is 11.4. The van der Waals surface area contributed by atoms with E-state index >= 15 is 0 Å². The molecule has 0 saturated carbocycles. The van der Waals surface area contributed by atoms with Crippen LogP contribution in [0.2, 0.25) is 0 Å². The summed E-state index contributed by atoms with van der Waals surface area (Å²) < 4.78 is 10.0. The molecule has 0 aromatic rings. The van der Waals surface area contributed by atoms with E-state index in [2.05, 4.69) is 11.9 Å². The van der Waals surface area contributed by atoms with Crippen molar-refractivity contribution in [1.29, 1.82) is 0 Å². The highest BCUT2D eigenvalue weighted by Crippen LogP contribution is 2.23. The quantitative estimate of drug-likeness (QED) is 0.701. The first-order valence-electron chi connectivity index (χ1n) is 5.43. The van der Waals surface area contributed by atoms with Crippen molar-refractivity contribution in [2.45, 2.75) is 24.8 Å². The summed E-state index contributed by atoms with van der Waals surface area (Å²) in [7, 11) is 0. The number of alkyl carbamates (subject to hydrolysis) is 1. The maximum atomic E-state index is 11.4. The predicted molar refractivity (Wildman–Crippen MR) is 59.7 cm³/mol. The molecule has 2 N–H and O–H groups in total. The molecule has 96 valence electrons. The number of carboxylic acid groups (broad SMARTS) is 1. The zero-order valence-electron chi connectivity index (χ0n) is 9.61. The molecule has 17 heavy (non-hydrogen) atoms. The van der Waals surface area contributed by atoms with E-state index in [1.807, 2.05) is 0 Å². The summed E-state index contributed by atoms with van der Waals surface area (Å²) in [5.74, 6) is -0.973. The highest BCUT2D eigenvalue weighted by atomic mass is 16.5. The normalized spacial score (nSPS) is 23.8. The molecule has 1 heterocycles. The van der Waals surface area contributed by atoms with Crippen molar-refractivity contribution >= 4 is 12.1 Å². The Morgan fingerprint density at radius 3 is 2.88 bits per heavy atom. The second-order valence-electron chi connectivity index (χ2n) is 4.02. The molecule has 0 spiro atoms. The molecule has 0 aromatic heterocycles. The minimum Gasteiger partial charge on any atom is -0.481 e. The number of carbonyl (C=O) groups is 2. The highest BCUT2D eigenvalue weighted by molar-refractivity contribution is 5.72. The van der Waals surface area contributed by atoms with Crippen LogP contribution < -0.4 is 5.32 Å². The van der Waals surface area contributed by atoms with Gasteiger partial charge in [0, 0.05) is 6.61 Å². The van der Waals surface area contributed by atoms with Crippen molar-refractivity contribution in [3.63, 3.8) is 0 Å². The Labute approximate surface area is 99.6 Å². The highest BCUT2D eigenvalue weighted by Gasteiger charge is 2.37. The number of hydrogen-bond acceptors (Lipinski definition) is 4. The van der Waals surface area contributed by atoms with Crippen LogP contribution in [0.5, 0.6) is 0 Å². The first-order valence-corrected chi connectivity index (χ1v) is 5.43. The molecular weight excluding hydrogens is 226 g/mol. The first-order chi connectivity index (χ1) is 8.08. The summed E-state index contributed by atoms with van der Waals surface area (Å²) in [6.07, 6.45) is 1.92. The van der Waals surface area contributed by atoms with E-state index in [9.17, 15) is 9.59 Å². The number of amides is 1. The molecule has 1 fully saturated rings. The number of hydrogen-bond donors (Lipinski definition) is 2. The van der Waals surface area contributed by atoms with Crippen molar-refractivity contribution in [3.05, 3.63) is 12.7 Å². The number of ether oxygens (including phenoxy) is 2. The van der Waals surface area contributed by atoms with Crippen LogP contribution in [0.3, 0.4) is 0 Å². The second kappa shape index (κ2) is 6.24. The number of nitrogens with one attached hydrogen (secondary N) is 1. The largest absolute Gasteiger partial charge is 0.481 e. The van der Waals surface area contributed by atoms with Crippen molar-refractivity contribution in [2.75, 3.05) is 19.8 Å². The first kappa shape index (κ1) is 13.5. The predicted octanol–water partition coefficient (Wildman–Crippen LogP) is 0.922. The molecule has 0 aliphatic carbocycles. The van der Waals surface area contributed by atoms with Crippen molar-refractivity contribution in [2.24, 2.45) is 0 Å². The molecule has 1 amide bonds. The maximum Gasteiger partial charge on any atom is 0.407 e. The summed E-state index contributed by atoms with van der Waals surface area (Å²) in [6, 6.07) is 0. The topological polar surface area (TPSA) is 84.9 Å². The molecule has 0 radical (unpaired) electrons. The van der Waals surface area contributed by atoms with Crippen molar-refractivity contribution in [1.82, 2.24) is 5.32 Å². The molecule has 1 aliphatic heterocycles. The van der Waals surface area contributed by atoms with Crippen LogP contribution in [-0.2, 0) is 14.3 Å². The van der Waals surface area contributed by atoms with Crippen LogP contribution in [-0.4, -0.2) is 42.5 Å². The van der Waals surface area contributed by atoms with Crippen molar-refractivity contribution in [3.8, 4) is 0 Å². The van der Waals surface area contributed by atoms with Crippen LogP contribution in [0.15, 0.2) is 12.7 Å². The lowest BCUT2D eigenvalue weighted by Crippen LogP contribution is -2.55. The summed E-state index contributed by atoms with van der Waals surface area (Å²) in [5.41, 5.74) is -0.859. The third kappa shape index (κ3) is 4.44. The van der Waals surface area contributed by atoms with Crippen LogP contribution >= 0.6 is 0 Å². The van der Waals surface area contributed by atoms with Crippen molar-refractivity contribution < 1.29 is 24.2 Å². The van der Waals surface area contributed by atoms with Gasteiger partial charge in [-0.1, -0.05) is 12.7 Å². The van der Waals surface area contributed by atoms with Gasteiger partial charge >= 0.3 is 12.1 Å². The fraction of sp³-hybridized carbons (Fsp3) is 0.636. The van der Waals surface area contributed by atoms with E-state index in [-0.39, 0.29) is 19.6 Å².